The summed E-state index contributed by atoms with van der Waals surface area (Å²) in [5.41, 5.74) is 23.0. The number of primary amides is 1. The van der Waals surface area contributed by atoms with Gasteiger partial charge in [-0.05, 0) is 30.9 Å². The Labute approximate surface area is 245 Å². The van der Waals surface area contributed by atoms with Gasteiger partial charge in [0.25, 0.3) is 0 Å². The van der Waals surface area contributed by atoms with Crippen LogP contribution in [0.5, 0.6) is 0 Å². The van der Waals surface area contributed by atoms with Crippen LogP contribution in [0.15, 0.2) is 35.5 Å². The highest BCUT2D eigenvalue weighted by Crippen LogP contribution is 2.19. The van der Waals surface area contributed by atoms with Crippen molar-refractivity contribution >= 4 is 52.4 Å². The highest BCUT2D eigenvalue weighted by molar-refractivity contribution is 5.96. The molecule has 0 aliphatic carbocycles. The van der Waals surface area contributed by atoms with Crippen LogP contribution in [0.2, 0.25) is 0 Å². The summed E-state index contributed by atoms with van der Waals surface area (Å²) in [6.45, 7) is 0.202. The number of hydrogen-bond acceptors (Lipinski definition) is 8. The van der Waals surface area contributed by atoms with Gasteiger partial charge in [-0.1, -0.05) is 18.2 Å². The molecule has 2 rings (SSSR count). The molecular formula is C26H37N9O8. The summed E-state index contributed by atoms with van der Waals surface area (Å²) in [6, 6.07) is 1.50. The number of carbonyl (C=O) groups is 6. The van der Waals surface area contributed by atoms with Crippen LogP contribution in [-0.2, 0) is 35.2 Å². The predicted octanol–water partition coefficient (Wildman–Crippen LogP) is -2.63. The first kappa shape index (κ1) is 34.0. The molecule has 1 heterocycles. The first-order valence-corrected chi connectivity index (χ1v) is 13.3. The molecule has 0 aliphatic rings. The maximum Gasteiger partial charge on any atom is 0.326 e. The maximum atomic E-state index is 13.1. The van der Waals surface area contributed by atoms with E-state index in [9.17, 15) is 33.9 Å². The molecule has 2 aromatic rings. The number of H-pyrrole nitrogens is 1. The van der Waals surface area contributed by atoms with Gasteiger partial charge in [0.1, 0.15) is 18.1 Å². The number of amides is 4. The highest BCUT2D eigenvalue weighted by Gasteiger charge is 2.32. The lowest BCUT2D eigenvalue weighted by Crippen LogP contribution is -2.58. The number of aromatic amines is 1. The number of aromatic nitrogens is 1. The third-order valence-corrected chi connectivity index (χ3v) is 6.34. The summed E-state index contributed by atoms with van der Waals surface area (Å²) < 4.78 is 0. The number of aliphatic carboxylic acids is 2. The molecule has 0 aliphatic heterocycles. The van der Waals surface area contributed by atoms with Crippen LogP contribution < -0.4 is 38.9 Å². The number of fused-ring (bicyclic) bond motifs is 1. The minimum Gasteiger partial charge on any atom is -0.481 e. The van der Waals surface area contributed by atoms with Crippen LogP contribution in [0.25, 0.3) is 10.9 Å². The average Bonchev–Trinajstić information content (AvgIpc) is 3.34. The Balaban J connectivity index is 2.15. The third-order valence-electron chi connectivity index (χ3n) is 6.34. The topological polar surface area (TPSA) is 311 Å². The molecule has 234 valence electrons. The van der Waals surface area contributed by atoms with E-state index in [4.69, 9.17) is 28.0 Å². The lowest BCUT2D eigenvalue weighted by Gasteiger charge is -2.24. The van der Waals surface area contributed by atoms with E-state index in [2.05, 4.69) is 25.9 Å². The summed E-state index contributed by atoms with van der Waals surface area (Å²) in [7, 11) is 0. The lowest BCUT2D eigenvalue weighted by atomic mass is 10.0. The molecular weight excluding hydrogens is 566 g/mol. The minimum absolute atomic E-state index is 0.124. The normalized spacial score (nSPS) is 13.6. The van der Waals surface area contributed by atoms with Crippen LogP contribution in [0, 0.1) is 0 Å². The number of guanidine groups is 1. The van der Waals surface area contributed by atoms with E-state index in [1.165, 1.54) is 0 Å². The molecule has 0 fully saturated rings. The molecule has 4 unspecified atom stereocenters. The fraction of sp³-hybridized carbons (Fsp3) is 0.423. The van der Waals surface area contributed by atoms with Gasteiger partial charge in [-0.2, -0.15) is 0 Å². The Morgan fingerprint density at radius 1 is 0.860 bits per heavy atom. The molecule has 17 nitrogen and oxygen atoms in total. The average molecular weight is 604 g/mol. The van der Waals surface area contributed by atoms with Crippen molar-refractivity contribution in [2.24, 2.45) is 27.9 Å². The van der Waals surface area contributed by atoms with Gasteiger partial charge in [-0.15, -0.1) is 0 Å². The first-order chi connectivity index (χ1) is 20.3. The Kier molecular flexibility index (Phi) is 12.9. The highest BCUT2D eigenvalue weighted by atomic mass is 16.4. The second kappa shape index (κ2) is 16.3. The number of carboxylic acid groups (broad SMARTS) is 2. The molecule has 4 atom stereocenters. The minimum atomic E-state index is -1.63. The van der Waals surface area contributed by atoms with Gasteiger partial charge >= 0.3 is 11.9 Å². The summed E-state index contributed by atoms with van der Waals surface area (Å²) in [5.74, 6) is -6.57. The molecule has 17 heteroatoms. The number of carboxylic acids is 2. The van der Waals surface area contributed by atoms with Crippen molar-refractivity contribution in [3.8, 4) is 0 Å². The van der Waals surface area contributed by atoms with Crippen molar-refractivity contribution in [2.45, 2.75) is 62.7 Å². The standard InChI is InChI=1S/C26H37N9O8/c27-15(5-3-9-31-26(29)30)22(39)33-17(7-8-21(37)38)23(40)34-18(11-20(28)36)24(41)35-19(25(42)43)10-13-12-32-16-6-2-1-4-14(13)16/h1-2,4,6,12,15,17-19,32H,3,5,7-11,27H2,(H2,28,36)(H,33,39)(H,34,40)(H,35,41)(H,37,38)(H,42,43)(H4,29,30,31). The number of hydrogen-bond donors (Lipinski definition) is 10. The van der Waals surface area contributed by atoms with Crippen molar-refractivity contribution in [2.75, 3.05) is 6.54 Å². The number of rotatable bonds is 18. The molecule has 0 bridgehead atoms. The van der Waals surface area contributed by atoms with Gasteiger partial charge in [-0.25, -0.2) is 4.79 Å². The second-order valence-electron chi connectivity index (χ2n) is 9.74. The largest absolute Gasteiger partial charge is 0.481 e. The van der Waals surface area contributed by atoms with Crippen molar-refractivity contribution in [3.63, 3.8) is 0 Å². The van der Waals surface area contributed by atoms with Crippen LogP contribution in [-0.4, -0.2) is 87.4 Å². The Hall–Kier alpha value is -5.19. The molecule has 4 amide bonds. The molecule has 0 saturated heterocycles. The Bertz CT molecular complexity index is 1360. The molecule has 1 aromatic carbocycles. The van der Waals surface area contributed by atoms with Gasteiger partial charge in [0, 0.05) is 36.5 Å². The number of para-hydroxylation sites is 1. The smallest absolute Gasteiger partial charge is 0.326 e. The van der Waals surface area contributed by atoms with Crippen LogP contribution in [0.1, 0.15) is 37.7 Å². The SMILES string of the molecule is NC(=O)CC(NC(=O)C(CCC(=O)O)NC(=O)C(N)CCCN=C(N)N)C(=O)NC(Cc1c[nH]c2ccccc12)C(=O)O. The van der Waals surface area contributed by atoms with Crippen molar-refractivity contribution in [3.05, 3.63) is 36.0 Å². The number of carbonyl (C=O) groups excluding carboxylic acids is 4. The summed E-state index contributed by atoms with van der Waals surface area (Å²) in [6.07, 6.45) is 0.337. The van der Waals surface area contributed by atoms with Crippen molar-refractivity contribution in [1.82, 2.24) is 20.9 Å². The van der Waals surface area contributed by atoms with Crippen LogP contribution >= 0.6 is 0 Å². The van der Waals surface area contributed by atoms with Gasteiger partial charge in [-0.3, -0.25) is 29.0 Å². The fourth-order valence-corrected chi connectivity index (χ4v) is 4.14. The van der Waals surface area contributed by atoms with E-state index >= 15 is 0 Å². The second-order valence-corrected chi connectivity index (χ2v) is 9.74. The van der Waals surface area contributed by atoms with E-state index in [1.54, 1.807) is 30.5 Å². The number of nitrogens with two attached hydrogens (primary N) is 4. The molecule has 14 N–H and O–H groups in total. The number of aliphatic imine (C=N–C) groups is 1. The third kappa shape index (κ3) is 11.3. The lowest BCUT2D eigenvalue weighted by molar-refractivity contribution is -0.142. The zero-order valence-electron chi connectivity index (χ0n) is 23.2. The quantitative estimate of drug-likeness (QED) is 0.0477. The number of nitrogens with one attached hydrogen (secondary N) is 4. The molecule has 0 spiro atoms. The van der Waals surface area contributed by atoms with E-state index < -0.39 is 72.6 Å². The van der Waals surface area contributed by atoms with Crippen molar-refractivity contribution in [1.29, 1.82) is 0 Å². The zero-order chi connectivity index (χ0) is 32.1. The van der Waals surface area contributed by atoms with Gasteiger partial charge in [0.05, 0.1) is 12.5 Å². The number of nitrogens with zero attached hydrogens (tertiary/aromatic N) is 1. The summed E-state index contributed by atoms with van der Waals surface area (Å²) in [4.78, 5) is 80.5. The molecule has 0 saturated carbocycles. The van der Waals surface area contributed by atoms with Crippen molar-refractivity contribution < 1.29 is 39.0 Å². The van der Waals surface area contributed by atoms with Crippen LogP contribution in [0.4, 0.5) is 0 Å². The Morgan fingerprint density at radius 3 is 2.12 bits per heavy atom. The molecule has 1 aromatic heterocycles. The van der Waals surface area contributed by atoms with Gasteiger partial charge < -0.3 is 54.1 Å². The predicted molar refractivity (Wildman–Crippen MR) is 154 cm³/mol. The van der Waals surface area contributed by atoms with Gasteiger partial charge in [0.2, 0.25) is 23.6 Å². The number of benzene rings is 1. The van der Waals surface area contributed by atoms with E-state index in [-0.39, 0.29) is 31.8 Å². The summed E-state index contributed by atoms with van der Waals surface area (Å²) >= 11 is 0. The van der Waals surface area contributed by atoms with E-state index in [0.717, 1.165) is 10.9 Å². The van der Waals surface area contributed by atoms with Crippen LogP contribution in [0.3, 0.4) is 0 Å². The maximum absolute atomic E-state index is 13.1. The molecule has 43 heavy (non-hydrogen) atoms. The van der Waals surface area contributed by atoms with E-state index in [1.807, 2.05) is 0 Å². The van der Waals surface area contributed by atoms with E-state index in [0.29, 0.717) is 12.0 Å². The zero-order valence-corrected chi connectivity index (χ0v) is 23.2. The monoisotopic (exact) mass is 603 g/mol. The Morgan fingerprint density at radius 2 is 1.49 bits per heavy atom. The van der Waals surface area contributed by atoms with Gasteiger partial charge in [0.15, 0.2) is 5.96 Å². The fourth-order valence-electron chi connectivity index (χ4n) is 4.14. The first-order valence-electron chi connectivity index (χ1n) is 13.3. The molecule has 0 radical (unpaired) electrons. The summed E-state index contributed by atoms with van der Waals surface area (Å²) in [5, 5.41) is 26.5.